The van der Waals surface area contributed by atoms with Crippen molar-refractivity contribution in [2.75, 3.05) is 125 Å². The summed E-state index contributed by atoms with van der Waals surface area (Å²) in [5.74, 6) is -1.73. The van der Waals surface area contributed by atoms with Crippen molar-refractivity contribution in [3.63, 3.8) is 0 Å². The van der Waals surface area contributed by atoms with E-state index >= 15 is 0 Å². The third-order valence-electron chi connectivity index (χ3n) is 6.88. The summed E-state index contributed by atoms with van der Waals surface area (Å²) < 4.78 is 53.5. The molecule has 0 spiro atoms. The van der Waals surface area contributed by atoms with Gasteiger partial charge < -0.3 is 73.7 Å². The molecule has 0 saturated carbocycles. The number of ether oxygens (including phenoxy) is 10. The molecule has 0 aliphatic carbocycles. The number of hydrogen-bond donors (Lipinski definition) is 5. The lowest BCUT2D eigenvalue weighted by atomic mass is 10.1. The molecular formula is C38H72N4O16. The Kier molecular flexibility index (Phi) is 33.5. The Morgan fingerprint density at radius 1 is 0.448 bits per heavy atom. The van der Waals surface area contributed by atoms with Crippen molar-refractivity contribution < 1.29 is 76.4 Å². The fraction of sp³-hybridized carbons (Fsp3) is 0.868. The molecule has 0 aliphatic rings. The van der Waals surface area contributed by atoms with Gasteiger partial charge in [0.1, 0.15) is 17.2 Å². The van der Waals surface area contributed by atoms with Crippen molar-refractivity contribution in [3.05, 3.63) is 0 Å². The van der Waals surface area contributed by atoms with Gasteiger partial charge in [-0.15, -0.1) is 0 Å². The molecule has 5 N–H and O–H groups in total. The second-order valence-electron chi connectivity index (χ2n) is 14.6. The first-order valence-corrected chi connectivity index (χ1v) is 19.9. The average Bonchev–Trinajstić information content (AvgIpc) is 3.12. The van der Waals surface area contributed by atoms with Crippen LogP contribution in [0.5, 0.6) is 0 Å². The lowest BCUT2D eigenvalue weighted by molar-refractivity contribution is -0.142. The minimum absolute atomic E-state index is 0.00891. The zero-order valence-electron chi connectivity index (χ0n) is 35.6. The van der Waals surface area contributed by atoms with E-state index in [1.165, 1.54) is 0 Å². The Morgan fingerprint density at radius 3 is 1.16 bits per heavy atom. The number of amides is 4. The van der Waals surface area contributed by atoms with Crippen LogP contribution in [0.3, 0.4) is 0 Å². The van der Waals surface area contributed by atoms with Crippen molar-refractivity contribution in [2.45, 2.75) is 90.9 Å². The number of carboxylic acid groups (broad SMARTS) is 1. The summed E-state index contributed by atoms with van der Waals surface area (Å²) in [6.07, 6.45) is 0.488. The second-order valence-corrected chi connectivity index (χ2v) is 14.6. The van der Waals surface area contributed by atoms with E-state index in [9.17, 15) is 29.1 Å². The van der Waals surface area contributed by atoms with Gasteiger partial charge in [0, 0.05) is 32.5 Å². The van der Waals surface area contributed by atoms with Gasteiger partial charge in [0.25, 0.3) is 0 Å². The fourth-order valence-electron chi connectivity index (χ4n) is 4.25. The number of rotatable bonds is 37. The zero-order valence-corrected chi connectivity index (χ0v) is 35.6. The molecule has 0 fully saturated rings. The van der Waals surface area contributed by atoms with Gasteiger partial charge in [-0.05, 0) is 60.8 Å². The molecule has 0 radical (unpaired) electrons. The summed E-state index contributed by atoms with van der Waals surface area (Å²) in [7, 11) is 0. The van der Waals surface area contributed by atoms with Crippen molar-refractivity contribution in [1.82, 2.24) is 21.3 Å². The molecular weight excluding hydrogens is 768 g/mol. The molecule has 340 valence electrons. The van der Waals surface area contributed by atoms with E-state index in [4.69, 9.17) is 47.4 Å². The lowest BCUT2D eigenvalue weighted by Crippen LogP contribution is -2.41. The van der Waals surface area contributed by atoms with Gasteiger partial charge in [-0.3, -0.25) is 9.59 Å². The standard InChI is InChI=1S/C38H72N4O16/c1-37(2,3)57-35(47)40-13-17-51-21-25-55-29-27-53-23-19-49-15-10-32(43)39-12-8-7-9-31(34(45)46)42-33(44)11-16-50-20-24-54-28-30-56-26-22-52-18-14-41-36(48)58-38(4,5)6/h31H,7-30H2,1-6H3,(H,39,43)(H,40,47)(H,41,48)(H,42,44)(H,45,46)/t31-/m0/s1. The molecule has 0 unspecified atom stereocenters. The van der Waals surface area contributed by atoms with E-state index in [0.717, 1.165) is 0 Å². The van der Waals surface area contributed by atoms with Gasteiger partial charge in [0.05, 0.1) is 106 Å². The first-order chi connectivity index (χ1) is 27.6. The smallest absolute Gasteiger partial charge is 0.407 e. The van der Waals surface area contributed by atoms with Crippen LogP contribution in [0.15, 0.2) is 0 Å². The van der Waals surface area contributed by atoms with Crippen LogP contribution in [0.4, 0.5) is 9.59 Å². The number of hydrogen-bond acceptors (Lipinski definition) is 15. The molecule has 20 nitrogen and oxygen atoms in total. The van der Waals surface area contributed by atoms with Crippen LogP contribution >= 0.6 is 0 Å². The van der Waals surface area contributed by atoms with Crippen LogP contribution in [0.2, 0.25) is 0 Å². The minimum atomic E-state index is -1.13. The van der Waals surface area contributed by atoms with Crippen LogP contribution in [0.1, 0.15) is 73.6 Å². The molecule has 0 heterocycles. The van der Waals surface area contributed by atoms with E-state index in [1.54, 1.807) is 41.5 Å². The maximum absolute atomic E-state index is 12.2. The molecule has 0 aromatic carbocycles. The first-order valence-electron chi connectivity index (χ1n) is 19.9. The fourth-order valence-corrected chi connectivity index (χ4v) is 4.25. The number of carbonyl (C=O) groups is 5. The van der Waals surface area contributed by atoms with Crippen molar-refractivity contribution in [1.29, 1.82) is 0 Å². The normalized spacial score (nSPS) is 12.1. The number of nitrogens with one attached hydrogen (secondary N) is 4. The number of aliphatic carboxylic acids is 1. The van der Waals surface area contributed by atoms with Gasteiger partial charge in [0.2, 0.25) is 11.8 Å². The van der Waals surface area contributed by atoms with Gasteiger partial charge >= 0.3 is 18.2 Å². The Morgan fingerprint density at radius 2 is 0.793 bits per heavy atom. The topological polar surface area (TPSA) is 246 Å². The Bertz CT molecular complexity index is 1090. The summed E-state index contributed by atoms with van der Waals surface area (Å²) in [6.45, 7) is 17.2. The third-order valence-corrected chi connectivity index (χ3v) is 6.88. The summed E-state index contributed by atoms with van der Waals surface area (Å²) in [4.78, 5) is 58.9. The Balaban J connectivity index is 3.59. The third kappa shape index (κ3) is 40.8. The molecule has 4 amide bonds. The van der Waals surface area contributed by atoms with Gasteiger partial charge in [-0.25, -0.2) is 14.4 Å². The molecule has 0 aromatic heterocycles. The largest absolute Gasteiger partial charge is 0.480 e. The van der Waals surface area contributed by atoms with Crippen LogP contribution < -0.4 is 21.3 Å². The van der Waals surface area contributed by atoms with E-state index < -0.39 is 41.3 Å². The monoisotopic (exact) mass is 840 g/mol. The first kappa shape index (κ1) is 54.6. The summed E-state index contributed by atoms with van der Waals surface area (Å²) in [5, 5.41) is 20.0. The van der Waals surface area contributed by atoms with Crippen molar-refractivity contribution >= 4 is 30.0 Å². The number of unbranched alkanes of at least 4 members (excludes halogenated alkanes) is 1. The number of carbonyl (C=O) groups excluding carboxylic acids is 4. The van der Waals surface area contributed by atoms with E-state index in [1.807, 2.05) is 0 Å². The van der Waals surface area contributed by atoms with E-state index in [-0.39, 0.29) is 45.0 Å². The summed E-state index contributed by atoms with van der Waals surface area (Å²) in [5.41, 5.74) is -1.09. The summed E-state index contributed by atoms with van der Waals surface area (Å²) >= 11 is 0. The minimum Gasteiger partial charge on any atom is -0.480 e. The van der Waals surface area contributed by atoms with Crippen molar-refractivity contribution in [2.24, 2.45) is 0 Å². The molecule has 0 bridgehead atoms. The maximum atomic E-state index is 12.2. The van der Waals surface area contributed by atoms with Crippen LogP contribution in [0.25, 0.3) is 0 Å². The molecule has 0 aromatic rings. The van der Waals surface area contributed by atoms with E-state index in [0.29, 0.717) is 118 Å². The predicted octanol–water partition coefficient (Wildman–Crippen LogP) is 1.80. The molecule has 20 heteroatoms. The Hall–Kier alpha value is -3.37. The highest BCUT2D eigenvalue weighted by atomic mass is 16.6. The molecule has 0 saturated heterocycles. The second kappa shape index (κ2) is 35.6. The Labute approximate surface area is 343 Å². The van der Waals surface area contributed by atoms with Gasteiger partial charge in [-0.1, -0.05) is 0 Å². The highest BCUT2D eigenvalue weighted by molar-refractivity contribution is 5.83. The lowest BCUT2D eigenvalue weighted by Gasteiger charge is -2.19. The van der Waals surface area contributed by atoms with Crippen molar-refractivity contribution in [3.8, 4) is 0 Å². The predicted molar refractivity (Wildman–Crippen MR) is 211 cm³/mol. The van der Waals surface area contributed by atoms with Crippen LogP contribution in [0, 0.1) is 0 Å². The highest BCUT2D eigenvalue weighted by Crippen LogP contribution is 2.07. The molecule has 0 rings (SSSR count). The quantitative estimate of drug-likeness (QED) is 0.0560. The van der Waals surface area contributed by atoms with Crippen LogP contribution in [-0.2, 0) is 61.8 Å². The number of alkyl carbamates (subject to hydrolysis) is 2. The zero-order chi connectivity index (χ0) is 43.3. The SMILES string of the molecule is CC(C)(C)OC(=O)NCCOCCOCCOCCOCCC(=O)NCCCC[C@H](NC(=O)CCOCCOCCOCCOCCNC(=O)OC(C)(C)C)C(=O)O. The van der Waals surface area contributed by atoms with Gasteiger partial charge in [-0.2, -0.15) is 0 Å². The molecule has 1 atom stereocenters. The maximum Gasteiger partial charge on any atom is 0.407 e. The highest BCUT2D eigenvalue weighted by Gasteiger charge is 2.19. The number of carboxylic acids is 1. The van der Waals surface area contributed by atoms with Gasteiger partial charge in [0.15, 0.2) is 0 Å². The van der Waals surface area contributed by atoms with Crippen LogP contribution in [-0.4, -0.2) is 178 Å². The summed E-state index contributed by atoms with van der Waals surface area (Å²) in [6, 6.07) is -1.03. The average molecular weight is 841 g/mol. The van der Waals surface area contributed by atoms with E-state index in [2.05, 4.69) is 21.3 Å². The molecule has 0 aliphatic heterocycles. The molecule has 58 heavy (non-hydrogen) atoms.